The molecule has 160 valence electrons. The summed E-state index contributed by atoms with van der Waals surface area (Å²) < 4.78 is 44.6. The quantitative estimate of drug-likeness (QED) is 0.809. The van der Waals surface area contributed by atoms with Crippen LogP contribution in [0.5, 0.6) is 0 Å². The Labute approximate surface area is 168 Å². The lowest BCUT2D eigenvalue weighted by Gasteiger charge is -2.41. The number of nitrogens with zero attached hydrogens (tertiary/aromatic N) is 1. The second kappa shape index (κ2) is 8.34. The third-order valence-corrected chi connectivity index (χ3v) is 5.88. The highest BCUT2D eigenvalue weighted by atomic mass is 19.4. The Kier molecular flexibility index (Phi) is 6.22. The SMILES string of the molecule is CC[C@@H](C)NC(=O)[C@H]1COC2(CCCCC2)N1C(=O)c1ccc(C(F)(F)F)cc1. The maximum absolute atomic E-state index is 13.3. The van der Waals surface area contributed by atoms with Gasteiger partial charge < -0.3 is 10.1 Å². The highest BCUT2D eigenvalue weighted by molar-refractivity contribution is 5.98. The van der Waals surface area contributed by atoms with Gasteiger partial charge in [-0.2, -0.15) is 13.2 Å². The number of amides is 2. The molecule has 1 aliphatic heterocycles. The minimum atomic E-state index is -4.47. The van der Waals surface area contributed by atoms with Gasteiger partial charge in [-0.3, -0.25) is 14.5 Å². The van der Waals surface area contributed by atoms with E-state index in [4.69, 9.17) is 4.74 Å². The fraction of sp³-hybridized carbons (Fsp3) is 0.619. The van der Waals surface area contributed by atoms with Crippen molar-refractivity contribution in [3.05, 3.63) is 35.4 Å². The number of hydrogen-bond acceptors (Lipinski definition) is 3. The van der Waals surface area contributed by atoms with E-state index in [2.05, 4.69) is 5.32 Å². The van der Waals surface area contributed by atoms with Crippen LogP contribution in [0.25, 0.3) is 0 Å². The van der Waals surface area contributed by atoms with Crippen molar-refractivity contribution in [1.29, 1.82) is 0 Å². The van der Waals surface area contributed by atoms with Gasteiger partial charge in [-0.05, 0) is 63.3 Å². The Hall–Kier alpha value is -2.09. The molecule has 3 rings (SSSR count). The van der Waals surface area contributed by atoms with E-state index < -0.39 is 29.4 Å². The third kappa shape index (κ3) is 4.42. The summed E-state index contributed by atoms with van der Waals surface area (Å²) in [5.74, 6) is -0.760. The zero-order valence-electron chi connectivity index (χ0n) is 16.7. The van der Waals surface area contributed by atoms with Crippen molar-refractivity contribution in [3.8, 4) is 0 Å². The summed E-state index contributed by atoms with van der Waals surface area (Å²) in [5.41, 5.74) is -1.56. The number of carbonyl (C=O) groups is 2. The molecule has 2 fully saturated rings. The summed E-state index contributed by atoms with van der Waals surface area (Å²) >= 11 is 0. The molecule has 1 aliphatic carbocycles. The van der Waals surface area contributed by atoms with Crippen LogP contribution < -0.4 is 5.32 Å². The van der Waals surface area contributed by atoms with Crippen molar-refractivity contribution < 1.29 is 27.5 Å². The molecular formula is C21H27F3N2O3. The van der Waals surface area contributed by atoms with Crippen molar-refractivity contribution in [2.24, 2.45) is 0 Å². The zero-order valence-corrected chi connectivity index (χ0v) is 16.7. The Morgan fingerprint density at radius 3 is 2.38 bits per heavy atom. The lowest BCUT2D eigenvalue weighted by Crippen LogP contribution is -2.57. The fourth-order valence-corrected chi connectivity index (χ4v) is 4.05. The van der Waals surface area contributed by atoms with Crippen molar-refractivity contribution in [2.45, 2.75) is 76.4 Å². The highest BCUT2D eigenvalue weighted by Crippen LogP contribution is 2.41. The predicted octanol–water partition coefficient (Wildman–Crippen LogP) is 4.12. The molecule has 0 aromatic heterocycles. The van der Waals surface area contributed by atoms with E-state index >= 15 is 0 Å². The Balaban J connectivity index is 1.90. The maximum atomic E-state index is 13.3. The van der Waals surface area contributed by atoms with E-state index in [0.717, 1.165) is 37.8 Å². The fourth-order valence-electron chi connectivity index (χ4n) is 4.05. The minimum Gasteiger partial charge on any atom is -0.353 e. The van der Waals surface area contributed by atoms with Gasteiger partial charge in [0, 0.05) is 11.6 Å². The van der Waals surface area contributed by atoms with Gasteiger partial charge in [0.25, 0.3) is 5.91 Å². The molecule has 0 radical (unpaired) electrons. The first-order valence-electron chi connectivity index (χ1n) is 10.1. The minimum absolute atomic E-state index is 0.0478. The van der Waals surface area contributed by atoms with Crippen LogP contribution in [0.15, 0.2) is 24.3 Å². The van der Waals surface area contributed by atoms with Crippen LogP contribution in [-0.2, 0) is 15.7 Å². The van der Waals surface area contributed by atoms with Crippen LogP contribution in [0, 0.1) is 0 Å². The van der Waals surface area contributed by atoms with Crippen LogP contribution in [0.4, 0.5) is 13.2 Å². The molecule has 1 aromatic rings. The number of benzene rings is 1. The van der Waals surface area contributed by atoms with Gasteiger partial charge in [0.1, 0.15) is 11.8 Å². The molecule has 2 aliphatic rings. The lowest BCUT2D eigenvalue weighted by molar-refractivity contribution is -0.137. The second-order valence-electron chi connectivity index (χ2n) is 7.90. The van der Waals surface area contributed by atoms with Crippen molar-refractivity contribution >= 4 is 11.8 Å². The first-order chi connectivity index (χ1) is 13.7. The number of ether oxygens (including phenoxy) is 1. The topological polar surface area (TPSA) is 58.6 Å². The van der Waals surface area contributed by atoms with E-state index in [1.54, 1.807) is 0 Å². The Bertz CT molecular complexity index is 743. The maximum Gasteiger partial charge on any atom is 0.416 e. The van der Waals surface area contributed by atoms with Gasteiger partial charge in [-0.15, -0.1) is 0 Å². The van der Waals surface area contributed by atoms with Crippen molar-refractivity contribution in [2.75, 3.05) is 6.61 Å². The molecule has 1 saturated carbocycles. The summed E-state index contributed by atoms with van der Waals surface area (Å²) in [6.07, 6.45) is 0.280. The smallest absolute Gasteiger partial charge is 0.353 e. The predicted molar refractivity (Wildman–Crippen MR) is 101 cm³/mol. The zero-order chi connectivity index (χ0) is 21.2. The average molecular weight is 412 g/mol. The first-order valence-corrected chi connectivity index (χ1v) is 10.1. The molecule has 8 heteroatoms. The van der Waals surface area contributed by atoms with E-state index in [1.807, 2.05) is 13.8 Å². The first kappa shape index (κ1) is 21.6. The molecule has 29 heavy (non-hydrogen) atoms. The Morgan fingerprint density at radius 1 is 1.21 bits per heavy atom. The van der Waals surface area contributed by atoms with Gasteiger partial charge in [-0.1, -0.05) is 13.3 Å². The van der Waals surface area contributed by atoms with E-state index in [0.29, 0.717) is 12.8 Å². The molecule has 0 unspecified atom stereocenters. The number of nitrogens with one attached hydrogen (secondary N) is 1. The molecule has 1 N–H and O–H groups in total. The van der Waals surface area contributed by atoms with Gasteiger partial charge >= 0.3 is 6.18 Å². The molecule has 1 aromatic carbocycles. The molecule has 2 amide bonds. The van der Waals surface area contributed by atoms with Crippen LogP contribution in [0.2, 0.25) is 0 Å². The number of hydrogen-bond donors (Lipinski definition) is 1. The molecule has 5 nitrogen and oxygen atoms in total. The number of rotatable bonds is 4. The summed E-state index contributed by atoms with van der Waals surface area (Å²) in [6.45, 7) is 3.92. The van der Waals surface area contributed by atoms with Crippen LogP contribution in [0.1, 0.15) is 68.3 Å². The van der Waals surface area contributed by atoms with E-state index in [-0.39, 0.29) is 24.1 Å². The van der Waals surface area contributed by atoms with Crippen LogP contribution >= 0.6 is 0 Å². The lowest BCUT2D eigenvalue weighted by atomic mass is 9.89. The van der Waals surface area contributed by atoms with Gasteiger partial charge in [0.15, 0.2) is 0 Å². The summed E-state index contributed by atoms with van der Waals surface area (Å²) in [5, 5.41) is 2.90. The monoisotopic (exact) mass is 412 g/mol. The molecular weight excluding hydrogens is 385 g/mol. The van der Waals surface area contributed by atoms with E-state index in [1.165, 1.54) is 17.0 Å². The third-order valence-electron chi connectivity index (χ3n) is 5.88. The summed E-state index contributed by atoms with van der Waals surface area (Å²) in [7, 11) is 0. The largest absolute Gasteiger partial charge is 0.416 e. The number of halogens is 3. The normalized spacial score (nSPS) is 22.5. The highest BCUT2D eigenvalue weighted by Gasteiger charge is 2.53. The van der Waals surface area contributed by atoms with Crippen molar-refractivity contribution in [3.63, 3.8) is 0 Å². The van der Waals surface area contributed by atoms with Gasteiger partial charge in [0.2, 0.25) is 5.91 Å². The van der Waals surface area contributed by atoms with Gasteiger partial charge in [-0.25, -0.2) is 0 Å². The van der Waals surface area contributed by atoms with Crippen LogP contribution in [-0.4, -0.2) is 41.1 Å². The average Bonchev–Trinajstić information content (AvgIpc) is 3.05. The second-order valence-corrected chi connectivity index (χ2v) is 7.90. The molecule has 2 atom stereocenters. The Morgan fingerprint density at radius 2 is 1.83 bits per heavy atom. The number of alkyl halides is 3. The molecule has 1 saturated heterocycles. The summed E-state index contributed by atoms with van der Waals surface area (Å²) in [6, 6.07) is 3.29. The standard InChI is InChI=1S/C21H27F3N2O3/c1-3-14(2)25-18(27)17-13-29-20(11-5-4-6-12-20)26(17)19(28)15-7-9-16(10-8-15)21(22,23)24/h7-10,14,17H,3-6,11-13H2,1-2H3,(H,25,27)/t14-,17-/m1/s1. The summed E-state index contributed by atoms with van der Waals surface area (Å²) in [4.78, 5) is 27.7. The van der Waals surface area contributed by atoms with Gasteiger partial charge in [0.05, 0.1) is 12.2 Å². The molecule has 0 bridgehead atoms. The van der Waals surface area contributed by atoms with E-state index in [9.17, 15) is 22.8 Å². The van der Waals surface area contributed by atoms with Crippen LogP contribution in [0.3, 0.4) is 0 Å². The van der Waals surface area contributed by atoms with Crippen molar-refractivity contribution in [1.82, 2.24) is 10.2 Å². The number of carbonyl (C=O) groups excluding carboxylic acids is 2. The molecule has 1 heterocycles. The molecule has 1 spiro atoms.